The Bertz CT molecular complexity index is 858. The number of ketones is 1. The third-order valence-electron chi connectivity index (χ3n) is 6.40. The normalized spacial score (nSPS) is 27.3. The van der Waals surface area contributed by atoms with Crippen LogP contribution in [0.5, 0.6) is 0 Å². The van der Waals surface area contributed by atoms with Crippen molar-refractivity contribution in [2.24, 2.45) is 5.92 Å². The molecule has 1 aliphatic carbocycles. The van der Waals surface area contributed by atoms with Crippen molar-refractivity contribution in [3.8, 4) is 0 Å². The highest BCUT2D eigenvalue weighted by molar-refractivity contribution is 6.42. The minimum atomic E-state index is -0.805. The van der Waals surface area contributed by atoms with Gasteiger partial charge in [0.05, 0.1) is 16.5 Å². The second kappa shape index (κ2) is 7.80. The van der Waals surface area contributed by atoms with Crippen molar-refractivity contribution in [2.45, 2.75) is 50.6 Å². The van der Waals surface area contributed by atoms with E-state index in [-0.39, 0.29) is 42.4 Å². The van der Waals surface area contributed by atoms with Crippen molar-refractivity contribution in [1.29, 1.82) is 0 Å². The SMILES string of the molecule is C[C@H]1CN(C(=O)CCC2(C3CC3)NC(=O)CC2=O)CCN1c1ccc(Cl)c(Cl)c1. The first-order chi connectivity index (χ1) is 13.8. The fraction of sp³-hybridized carbons (Fsp3) is 0.571. The maximum Gasteiger partial charge on any atom is 0.228 e. The van der Waals surface area contributed by atoms with E-state index in [1.54, 1.807) is 6.07 Å². The van der Waals surface area contributed by atoms with Gasteiger partial charge in [-0.25, -0.2) is 0 Å². The van der Waals surface area contributed by atoms with Crippen LogP contribution in [0, 0.1) is 5.92 Å². The van der Waals surface area contributed by atoms with Crippen LogP contribution in [0.25, 0.3) is 0 Å². The summed E-state index contributed by atoms with van der Waals surface area (Å²) in [5.41, 5.74) is 0.186. The summed E-state index contributed by atoms with van der Waals surface area (Å²) in [5.74, 6) is -0.0203. The highest BCUT2D eigenvalue weighted by Gasteiger charge is 2.55. The summed E-state index contributed by atoms with van der Waals surface area (Å²) >= 11 is 12.2. The van der Waals surface area contributed by atoms with Crippen molar-refractivity contribution in [3.63, 3.8) is 0 Å². The van der Waals surface area contributed by atoms with Crippen molar-refractivity contribution in [3.05, 3.63) is 28.2 Å². The molecule has 29 heavy (non-hydrogen) atoms. The van der Waals surface area contributed by atoms with Crippen LogP contribution >= 0.6 is 23.2 Å². The maximum atomic E-state index is 12.9. The van der Waals surface area contributed by atoms with E-state index in [2.05, 4.69) is 17.1 Å². The highest BCUT2D eigenvalue weighted by Crippen LogP contribution is 2.45. The Morgan fingerprint density at radius 3 is 2.55 bits per heavy atom. The van der Waals surface area contributed by atoms with Gasteiger partial charge in [-0.2, -0.15) is 0 Å². The largest absolute Gasteiger partial charge is 0.365 e. The minimum Gasteiger partial charge on any atom is -0.365 e. The molecule has 3 fully saturated rings. The zero-order valence-corrected chi connectivity index (χ0v) is 17.9. The molecule has 2 saturated heterocycles. The average molecular weight is 438 g/mol. The third-order valence-corrected chi connectivity index (χ3v) is 7.14. The summed E-state index contributed by atoms with van der Waals surface area (Å²) in [6.07, 6.45) is 2.52. The zero-order valence-electron chi connectivity index (χ0n) is 16.4. The molecule has 1 aromatic rings. The van der Waals surface area contributed by atoms with Crippen LogP contribution < -0.4 is 10.2 Å². The second-order valence-corrected chi connectivity index (χ2v) is 9.19. The van der Waals surface area contributed by atoms with E-state index < -0.39 is 5.54 Å². The molecule has 0 aromatic heterocycles. The third kappa shape index (κ3) is 3.97. The van der Waals surface area contributed by atoms with Crippen LogP contribution in [0.2, 0.25) is 10.0 Å². The molecule has 0 bridgehead atoms. The number of rotatable bonds is 5. The lowest BCUT2D eigenvalue weighted by Gasteiger charge is -2.41. The van der Waals surface area contributed by atoms with Crippen LogP contribution in [-0.2, 0) is 14.4 Å². The number of hydrogen-bond acceptors (Lipinski definition) is 4. The van der Waals surface area contributed by atoms with Gasteiger partial charge in [0.1, 0.15) is 5.54 Å². The van der Waals surface area contributed by atoms with Crippen LogP contribution in [0.1, 0.15) is 39.0 Å². The molecule has 2 atom stereocenters. The Labute approximate surface area is 180 Å². The van der Waals surface area contributed by atoms with Gasteiger partial charge in [-0.15, -0.1) is 0 Å². The number of anilines is 1. The first kappa shape index (κ1) is 20.5. The summed E-state index contributed by atoms with van der Waals surface area (Å²) in [7, 11) is 0. The van der Waals surface area contributed by atoms with Crippen LogP contribution in [-0.4, -0.2) is 53.7 Å². The van der Waals surface area contributed by atoms with Crippen LogP contribution in [0.4, 0.5) is 5.69 Å². The molecule has 1 saturated carbocycles. The van der Waals surface area contributed by atoms with Crippen molar-refractivity contribution < 1.29 is 14.4 Å². The number of nitrogens with one attached hydrogen (secondary N) is 1. The quantitative estimate of drug-likeness (QED) is 0.718. The molecule has 6 nitrogen and oxygen atoms in total. The topological polar surface area (TPSA) is 69.7 Å². The van der Waals surface area contributed by atoms with Crippen LogP contribution in [0.3, 0.4) is 0 Å². The Morgan fingerprint density at radius 2 is 1.97 bits per heavy atom. The second-order valence-electron chi connectivity index (χ2n) is 8.37. The Balaban J connectivity index is 1.36. The number of Topliss-reactive ketones (excluding diaryl/α,β-unsaturated/α-hetero) is 1. The first-order valence-electron chi connectivity index (χ1n) is 10.1. The summed E-state index contributed by atoms with van der Waals surface area (Å²) in [4.78, 5) is 41.1. The standard InChI is InChI=1S/C21H25Cl2N3O3/c1-13-12-25(8-9-26(13)15-4-5-16(22)17(23)10-15)20(29)6-7-21(14-2-3-14)18(27)11-19(28)24-21/h4-5,10,13-14H,2-3,6-9,11-12H2,1H3,(H,24,28)/t13-,21?/m0/s1. The van der Waals surface area contributed by atoms with Gasteiger partial charge < -0.3 is 15.1 Å². The number of piperazine rings is 1. The van der Waals surface area contributed by atoms with E-state index in [0.29, 0.717) is 36.1 Å². The number of nitrogens with zero attached hydrogens (tertiary/aromatic N) is 2. The fourth-order valence-corrected chi connectivity index (χ4v) is 4.96. The predicted octanol–water partition coefficient (Wildman–Crippen LogP) is 3.05. The van der Waals surface area contributed by atoms with E-state index >= 15 is 0 Å². The molecule has 3 aliphatic rings. The fourth-order valence-electron chi connectivity index (χ4n) is 4.67. The summed E-state index contributed by atoms with van der Waals surface area (Å²) in [6.45, 7) is 4.00. The summed E-state index contributed by atoms with van der Waals surface area (Å²) < 4.78 is 0. The Kier molecular flexibility index (Phi) is 5.51. The van der Waals surface area contributed by atoms with E-state index in [9.17, 15) is 14.4 Å². The highest BCUT2D eigenvalue weighted by atomic mass is 35.5. The van der Waals surface area contributed by atoms with Crippen LogP contribution in [0.15, 0.2) is 18.2 Å². The van der Waals surface area contributed by atoms with Crippen molar-refractivity contribution in [2.75, 3.05) is 24.5 Å². The Hall–Kier alpha value is -1.79. The lowest BCUT2D eigenvalue weighted by Crippen LogP contribution is -2.54. The molecule has 8 heteroatoms. The first-order valence-corrected chi connectivity index (χ1v) is 10.9. The number of benzene rings is 1. The van der Waals surface area contributed by atoms with E-state index in [0.717, 1.165) is 18.5 Å². The van der Waals surface area contributed by atoms with E-state index in [1.165, 1.54) is 0 Å². The molecule has 1 N–H and O–H groups in total. The molecule has 156 valence electrons. The Morgan fingerprint density at radius 1 is 1.21 bits per heavy atom. The number of carbonyl (C=O) groups excluding carboxylic acids is 3. The van der Waals surface area contributed by atoms with Gasteiger partial charge in [-0.1, -0.05) is 23.2 Å². The zero-order chi connectivity index (χ0) is 20.8. The lowest BCUT2D eigenvalue weighted by atomic mass is 9.85. The molecule has 2 heterocycles. The minimum absolute atomic E-state index is 0.0413. The molecule has 1 unspecified atom stereocenters. The molecule has 1 aromatic carbocycles. The van der Waals surface area contributed by atoms with Gasteiger partial charge >= 0.3 is 0 Å². The van der Waals surface area contributed by atoms with Gasteiger partial charge in [0, 0.05) is 37.8 Å². The van der Waals surface area contributed by atoms with Gasteiger partial charge in [0.25, 0.3) is 0 Å². The molecule has 4 rings (SSSR count). The number of carbonyl (C=O) groups is 3. The van der Waals surface area contributed by atoms with Crippen molar-refractivity contribution >= 4 is 46.5 Å². The van der Waals surface area contributed by atoms with Gasteiger partial charge in [0.2, 0.25) is 11.8 Å². The summed E-state index contributed by atoms with van der Waals surface area (Å²) in [6, 6.07) is 5.71. The van der Waals surface area contributed by atoms with Gasteiger partial charge in [-0.3, -0.25) is 14.4 Å². The molecule has 2 aliphatic heterocycles. The lowest BCUT2D eigenvalue weighted by molar-refractivity contribution is -0.133. The molecular weight excluding hydrogens is 413 g/mol. The molecular formula is C21H25Cl2N3O3. The van der Waals surface area contributed by atoms with Gasteiger partial charge in [-0.05, 0) is 50.3 Å². The number of halogens is 2. The summed E-state index contributed by atoms with van der Waals surface area (Å²) in [5, 5.41) is 3.93. The molecule has 0 spiro atoms. The number of amides is 2. The average Bonchev–Trinajstić information content (AvgIpc) is 3.48. The van der Waals surface area contributed by atoms with Crippen molar-refractivity contribution in [1.82, 2.24) is 10.2 Å². The smallest absolute Gasteiger partial charge is 0.228 e. The number of hydrogen-bond donors (Lipinski definition) is 1. The molecule has 2 amide bonds. The van der Waals surface area contributed by atoms with E-state index in [1.807, 2.05) is 17.0 Å². The van der Waals surface area contributed by atoms with Gasteiger partial charge in [0.15, 0.2) is 5.78 Å². The predicted molar refractivity (Wildman–Crippen MR) is 112 cm³/mol. The molecule has 0 radical (unpaired) electrons. The monoisotopic (exact) mass is 437 g/mol. The van der Waals surface area contributed by atoms with E-state index in [4.69, 9.17) is 23.2 Å². The maximum absolute atomic E-state index is 12.9.